The molecule has 3 atom stereocenters. The fourth-order valence-electron chi connectivity index (χ4n) is 3.04. The number of hydrogen-bond donors (Lipinski definition) is 1. The topological polar surface area (TPSA) is 12.0 Å². The van der Waals surface area contributed by atoms with E-state index in [1.807, 2.05) is 0 Å². The van der Waals surface area contributed by atoms with E-state index in [0.717, 1.165) is 18.0 Å². The van der Waals surface area contributed by atoms with Crippen molar-refractivity contribution in [1.29, 1.82) is 0 Å². The van der Waals surface area contributed by atoms with Gasteiger partial charge in [0.05, 0.1) is 0 Å². The largest absolute Gasteiger partial charge is 0.310 e. The van der Waals surface area contributed by atoms with Gasteiger partial charge in [-0.05, 0) is 37.4 Å². The Hall–Kier alpha value is 0.310. The minimum absolute atomic E-state index is 0.835. The molecule has 2 rings (SSSR count). The Morgan fingerprint density at radius 3 is 2.93 bits per heavy atom. The van der Waals surface area contributed by atoms with E-state index in [9.17, 15) is 0 Å². The first-order chi connectivity index (χ1) is 7.40. The Labute approximate surface area is 98.8 Å². The number of nitrogens with one attached hydrogen (secondary N) is 1. The van der Waals surface area contributed by atoms with Crippen LogP contribution in [0.2, 0.25) is 0 Å². The first kappa shape index (κ1) is 11.8. The molecule has 0 aromatic rings. The normalized spacial score (nSPS) is 36.2. The maximum absolute atomic E-state index is 3.92. The molecule has 2 heteroatoms. The summed E-state index contributed by atoms with van der Waals surface area (Å²) in [6.45, 7) is 2.31. The molecule has 2 fully saturated rings. The lowest BCUT2D eigenvalue weighted by atomic mass is 9.96. The minimum Gasteiger partial charge on any atom is -0.310 e. The first-order valence-electron chi connectivity index (χ1n) is 6.74. The molecule has 1 saturated carbocycles. The Kier molecular flexibility index (Phi) is 4.83. The zero-order valence-corrected chi connectivity index (χ0v) is 10.8. The van der Waals surface area contributed by atoms with Crippen molar-refractivity contribution in [3.05, 3.63) is 0 Å². The summed E-state index contributed by atoms with van der Waals surface area (Å²) in [7, 11) is 0. The number of thioether (sulfide) groups is 1. The van der Waals surface area contributed by atoms with Gasteiger partial charge in [-0.1, -0.05) is 26.2 Å². The molecule has 3 unspecified atom stereocenters. The Balaban J connectivity index is 1.74. The predicted octanol–water partition coefficient (Wildman–Crippen LogP) is 3.44. The summed E-state index contributed by atoms with van der Waals surface area (Å²) < 4.78 is 0. The molecule has 0 bridgehead atoms. The zero-order valence-electron chi connectivity index (χ0n) is 10.0. The quantitative estimate of drug-likeness (QED) is 0.772. The monoisotopic (exact) mass is 227 g/mol. The minimum atomic E-state index is 0.835. The van der Waals surface area contributed by atoms with Gasteiger partial charge in [-0.15, -0.1) is 0 Å². The molecule has 0 spiro atoms. The van der Waals surface area contributed by atoms with Crippen LogP contribution in [0, 0.1) is 5.92 Å². The third kappa shape index (κ3) is 3.39. The predicted molar refractivity (Wildman–Crippen MR) is 69.5 cm³/mol. The highest BCUT2D eigenvalue weighted by Gasteiger charge is 2.29. The van der Waals surface area contributed by atoms with Gasteiger partial charge in [0.15, 0.2) is 0 Å². The first-order valence-corrected chi connectivity index (χ1v) is 7.89. The number of unbranched alkanes of at least 4 members (excludes halogenated alkanes) is 1. The second kappa shape index (κ2) is 6.15. The highest BCUT2D eigenvalue weighted by Crippen LogP contribution is 2.31. The van der Waals surface area contributed by atoms with E-state index in [1.165, 1.54) is 56.5 Å². The SMILES string of the molecule is CCCCC1CCCC1NC1CCSC1. The molecule has 15 heavy (non-hydrogen) atoms. The third-order valence-corrected chi connectivity index (χ3v) is 5.13. The van der Waals surface area contributed by atoms with Crippen molar-refractivity contribution in [2.75, 3.05) is 11.5 Å². The maximum atomic E-state index is 3.92. The summed E-state index contributed by atoms with van der Waals surface area (Å²) >= 11 is 2.12. The van der Waals surface area contributed by atoms with Crippen LogP contribution in [0.4, 0.5) is 0 Å². The molecular formula is C13H25NS. The van der Waals surface area contributed by atoms with E-state index in [4.69, 9.17) is 0 Å². The van der Waals surface area contributed by atoms with E-state index < -0.39 is 0 Å². The summed E-state index contributed by atoms with van der Waals surface area (Å²) in [6.07, 6.45) is 10.1. The van der Waals surface area contributed by atoms with Crippen LogP contribution in [-0.2, 0) is 0 Å². The Bertz CT molecular complexity index is 177. The van der Waals surface area contributed by atoms with Crippen LogP contribution in [0.25, 0.3) is 0 Å². The van der Waals surface area contributed by atoms with Gasteiger partial charge in [0.25, 0.3) is 0 Å². The highest BCUT2D eigenvalue weighted by molar-refractivity contribution is 7.99. The van der Waals surface area contributed by atoms with Crippen molar-refractivity contribution >= 4 is 11.8 Å². The lowest BCUT2D eigenvalue weighted by molar-refractivity contribution is 0.343. The fourth-order valence-corrected chi connectivity index (χ4v) is 4.20. The zero-order chi connectivity index (χ0) is 10.5. The van der Waals surface area contributed by atoms with E-state index in [0.29, 0.717) is 0 Å². The van der Waals surface area contributed by atoms with Gasteiger partial charge in [0.1, 0.15) is 0 Å². The molecule has 0 aromatic carbocycles. The molecule has 1 aliphatic carbocycles. The maximum Gasteiger partial charge on any atom is 0.0168 e. The van der Waals surface area contributed by atoms with Crippen LogP contribution < -0.4 is 5.32 Å². The average molecular weight is 227 g/mol. The van der Waals surface area contributed by atoms with Crippen molar-refractivity contribution in [3.8, 4) is 0 Å². The summed E-state index contributed by atoms with van der Waals surface area (Å²) in [6, 6.07) is 1.70. The molecule has 2 aliphatic rings. The van der Waals surface area contributed by atoms with E-state index in [2.05, 4.69) is 24.0 Å². The standard InChI is InChI=1S/C13H25NS/c1-2-3-5-11-6-4-7-13(11)14-12-8-9-15-10-12/h11-14H,2-10H2,1H3. The summed E-state index contributed by atoms with van der Waals surface area (Å²) in [5.74, 6) is 3.73. The molecule has 1 aliphatic heterocycles. The lowest BCUT2D eigenvalue weighted by Crippen LogP contribution is -2.40. The van der Waals surface area contributed by atoms with Gasteiger partial charge in [-0.2, -0.15) is 11.8 Å². The molecule has 0 amide bonds. The summed E-state index contributed by atoms with van der Waals surface area (Å²) in [5.41, 5.74) is 0. The second-order valence-electron chi connectivity index (χ2n) is 5.17. The third-order valence-electron chi connectivity index (χ3n) is 3.97. The second-order valence-corrected chi connectivity index (χ2v) is 6.32. The molecule has 1 saturated heterocycles. The number of rotatable bonds is 5. The van der Waals surface area contributed by atoms with Crippen LogP contribution in [0.5, 0.6) is 0 Å². The average Bonchev–Trinajstić information content (AvgIpc) is 2.87. The van der Waals surface area contributed by atoms with Crippen molar-refractivity contribution in [2.24, 2.45) is 5.92 Å². The Morgan fingerprint density at radius 1 is 1.27 bits per heavy atom. The molecule has 1 N–H and O–H groups in total. The van der Waals surface area contributed by atoms with Crippen molar-refractivity contribution < 1.29 is 0 Å². The molecule has 88 valence electrons. The van der Waals surface area contributed by atoms with E-state index >= 15 is 0 Å². The van der Waals surface area contributed by atoms with Crippen LogP contribution in [0.3, 0.4) is 0 Å². The van der Waals surface area contributed by atoms with E-state index in [1.54, 1.807) is 0 Å². The van der Waals surface area contributed by atoms with Gasteiger partial charge in [0.2, 0.25) is 0 Å². The van der Waals surface area contributed by atoms with Gasteiger partial charge in [0, 0.05) is 17.8 Å². The van der Waals surface area contributed by atoms with Gasteiger partial charge < -0.3 is 5.32 Å². The van der Waals surface area contributed by atoms with E-state index in [-0.39, 0.29) is 0 Å². The summed E-state index contributed by atoms with van der Waals surface area (Å²) in [4.78, 5) is 0. The van der Waals surface area contributed by atoms with Crippen molar-refractivity contribution in [3.63, 3.8) is 0 Å². The van der Waals surface area contributed by atoms with Crippen molar-refractivity contribution in [1.82, 2.24) is 5.32 Å². The van der Waals surface area contributed by atoms with Crippen LogP contribution >= 0.6 is 11.8 Å². The molecule has 1 nitrogen and oxygen atoms in total. The van der Waals surface area contributed by atoms with Gasteiger partial charge in [-0.3, -0.25) is 0 Å². The number of hydrogen-bond acceptors (Lipinski definition) is 2. The van der Waals surface area contributed by atoms with Crippen molar-refractivity contribution in [2.45, 2.75) is 64.0 Å². The summed E-state index contributed by atoms with van der Waals surface area (Å²) in [5, 5.41) is 3.92. The fraction of sp³-hybridized carbons (Fsp3) is 1.00. The van der Waals surface area contributed by atoms with Gasteiger partial charge >= 0.3 is 0 Å². The molecule has 0 radical (unpaired) electrons. The Morgan fingerprint density at radius 2 is 2.20 bits per heavy atom. The lowest BCUT2D eigenvalue weighted by Gasteiger charge is -2.24. The molecule has 1 heterocycles. The molecule has 0 aromatic heterocycles. The molecular weight excluding hydrogens is 202 g/mol. The van der Waals surface area contributed by atoms with Gasteiger partial charge in [-0.25, -0.2) is 0 Å². The van der Waals surface area contributed by atoms with Crippen LogP contribution in [-0.4, -0.2) is 23.6 Å². The van der Waals surface area contributed by atoms with Crippen LogP contribution in [0.15, 0.2) is 0 Å². The smallest absolute Gasteiger partial charge is 0.0168 e. The van der Waals surface area contributed by atoms with Crippen LogP contribution in [0.1, 0.15) is 51.9 Å². The highest BCUT2D eigenvalue weighted by atomic mass is 32.2.